The summed E-state index contributed by atoms with van der Waals surface area (Å²) in [5.41, 5.74) is 1.01. The van der Waals surface area contributed by atoms with E-state index in [-0.39, 0.29) is 30.9 Å². The van der Waals surface area contributed by atoms with Crippen LogP contribution in [0.3, 0.4) is 0 Å². The average Bonchev–Trinajstić information content (AvgIpc) is 2.55. The molecular weight excluding hydrogens is 286 g/mol. The van der Waals surface area contributed by atoms with Gasteiger partial charge >= 0.3 is 5.97 Å². The van der Waals surface area contributed by atoms with E-state index in [2.05, 4.69) is 4.74 Å². The Balaban J connectivity index is 2.02. The first kappa shape index (κ1) is 16.3. The van der Waals surface area contributed by atoms with Crippen LogP contribution in [0.25, 0.3) is 0 Å². The third-order valence-corrected chi connectivity index (χ3v) is 3.72. The van der Waals surface area contributed by atoms with Gasteiger partial charge in [-0.3, -0.25) is 9.59 Å². The van der Waals surface area contributed by atoms with Crippen molar-refractivity contribution in [2.45, 2.75) is 25.4 Å². The lowest BCUT2D eigenvalue weighted by Crippen LogP contribution is -2.49. The molecule has 1 aromatic rings. The molecule has 1 fully saturated rings. The van der Waals surface area contributed by atoms with E-state index >= 15 is 0 Å². The Kier molecular flexibility index (Phi) is 5.77. The van der Waals surface area contributed by atoms with Crippen LogP contribution < -0.4 is 4.74 Å². The van der Waals surface area contributed by atoms with Crippen molar-refractivity contribution in [3.8, 4) is 5.75 Å². The van der Waals surface area contributed by atoms with Crippen molar-refractivity contribution < 1.29 is 23.8 Å². The van der Waals surface area contributed by atoms with Crippen molar-refractivity contribution >= 4 is 11.9 Å². The van der Waals surface area contributed by atoms with Crippen LogP contribution >= 0.6 is 0 Å². The summed E-state index contributed by atoms with van der Waals surface area (Å²) < 4.78 is 15.1. The van der Waals surface area contributed by atoms with Crippen LogP contribution in [0.4, 0.5) is 0 Å². The van der Waals surface area contributed by atoms with Gasteiger partial charge in [-0.2, -0.15) is 0 Å². The SMILES string of the molecule is COC(=O)CCC1COCC(=O)N1Cc1ccc(OC)cc1. The molecule has 1 atom stereocenters. The molecule has 1 saturated heterocycles. The molecule has 22 heavy (non-hydrogen) atoms. The highest BCUT2D eigenvalue weighted by Gasteiger charge is 2.29. The van der Waals surface area contributed by atoms with Crippen molar-refractivity contribution in [3.05, 3.63) is 29.8 Å². The second-order valence-electron chi connectivity index (χ2n) is 5.15. The second-order valence-corrected chi connectivity index (χ2v) is 5.15. The van der Waals surface area contributed by atoms with Crippen molar-refractivity contribution in [2.75, 3.05) is 27.4 Å². The van der Waals surface area contributed by atoms with E-state index in [0.29, 0.717) is 19.6 Å². The zero-order valence-corrected chi connectivity index (χ0v) is 12.9. The first-order valence-corrected chi connectivity index (χ1v) is 7.21. The molecule has 6 nitrogen and oxygen atoms in total. The van der Waals surface area contributed by atoms with Crippen LogP contribution in [0.1, 0.15) is 18.4 Å². The Morgan fingerprint density at radius 2 is 2.05 bits per heavy atom. The van der Waals surface area contributed by atoms with Gasteiger partial charge in [0.05, 0.1) is 26.9 Å². The molecular formula is C16H21NO5. The highest BCUT2D eigenvalue weighted by atomic mass is 16.5. The summed E-state index contributed by atoms with van der Waals surface area (Å²) in [4.78, 5) is 25.2. The summed E-state index contributed by atoms with van der Waals surface area (Å²) in [6.07, 6.45) is 0.811. The second kappa shape index (κ2) is 7.79. The Labute approximate surface area is 129 Å². The zero-order valence-electron chi connectivity index (χ0n) is 12.9. The fourth-order valence-corrected chi connectivity index (χ4v) is 2.43. The third-order valence-electron chi connectivity index (χ3n) is 3.72. The topological polar surface area (TPSA) is 65.1 Å². The van der Waals surface area contributed by atoms with Gasteiger partial charge in [-0.05, 0) is 24.1 Å². The standard InChI is InChI=1S/C16H21NO5/c1-20-14-6-3-12(4-7-14)9-17-13(5-8-16(19)21-2)10-22-11-15(17)18/h3-4,6-7,13H,5,8-11H2,1-2H3. The van der Waals surface area contributed by atoms with Gasteiger partial charge < -0.3 is 19.1 Å². The highest BCUT2D eigenvalue weighted by Crippen LogP contribution is 2.19. The number of rotatable bonds is 6. The largest absolute Gasteiger partial charge is 0.497 e. The van der Waals surface area contributed by atoms with E-state index in [1.165, 1.54) is 7.11 Å². The molecule has 120 valence electrons. The van der Waals surface area contributed by atoms with Gasteiger partial charge in [0.15, 0.2) is 0 Å². The number of hydrogen-bond donors (Lipinski definition) is 0. The van der Waals surface area contributed by atoms with Gasteiger partial charge in [0, 0.05) is 13.0 Å². The molecule has 0 bridgehead atoms. The fraction of sp³-hybridized carbons (Fsp3) is 0.500. The van der Waals surface area contributed by atoms with Gasteiger partial charge in [0.25, 0.3) is 0 Å². The smallest absolute Gasteiger partial charge is 0.305 e. The number of methoxy groups -OCH3 is 2. The van der Waals surface area contributed by atoms with Crippen LogP contribution in [0.5, 0.6) is 5.75 Å². The minimum absolute atomic E-state index is 0.0584. The van der Waals surface area contributed by atoms with Crippen LogP contribution in [0, 0.1) is 0 Å². The predicted molar refractivity (Wildman–Crippen MR) is 79.4 cm³/mol. The predicted octanol–water partition coefficient (Wildman–Crippen LogP) is 1.38. The van der Waals surface area contributed by atoms with Gasteiger partial charge in [-0.15, -0.1) is 0 Å². The number of carbonyl (C=O) groups is 2. The van der Waals surface area contributed by atoms with Crippen LogP contribution in [0.2, 0.25) is 0 Å². The molecule has 0 aliphatic carbocycles. The Morgan fingerprint density at radius 3 is 2.68 bits per heavy atom. The molecule has 0 saturated carbocycles. The molecule has 0 aromatic heterocycles. The van der Waals surface area contributed by atoms with Crippen LogP contribution in [-0.4, -0.2) is 50.3 Å². The number of ether oxygens (including phenoxy) is 3. The summed E-state index contributed by atoms with van der Waals surface area (Å²) in [6.45, 7) is 1.03. The maximum Gasteiger partial charge on any atom is 0.305 e. The molecule has 1 aliphatic heterocycles. The number of amides is 1. The lowest BCUT2D eigenvalue weighted by molar-refractivity contribution is -0.151. The van der Waals surface area contributed by atoms with Crippen molar-refractivity contribution in [1.82, 2.24) is 4.90 Å². The summed E-state index contributed by atoms with van der Waals surface area (Å²) in [6, 6.07) is 7.48. The molecule has 0 radical (unpaired) electrons. The minimum atomic E-state index is -0.276. The summed E-state index contributed by atoms with van der Waals surface area (Å²) >= 11 is 0. The first-order chi connectivity index (χ1) is 10.6. The van der Waals surface area contributed by atoms with Crippen LogP contribution in [-0.2, 0) is 25.6 Å². The molecule has 1 heterocycles. The van der Waals surface area contributed by atoms with E-state index in [0.717, 1.165) is 11.3 Å². The molecule has 1 aromatic carbocycles. The molecule has 1 amide bonds. The van der Waals surface area contributed by atoms with E-state index in [4.69, 9.17) is 9.47 Å². The molecule has 6 heteroatoms. The van der Waals surface area contributed by atoms with Crippen molar-refractivity contribution in [3.63, 3.8) is 0 Å². The highest BCUT2D eigenvalue weighted by molar-refractivity contribution is 5.78. The molecule has 2 rings (SSSR count). The van der Waals surface area contributed by atoms with E-state index < -0.39 is 0 Å². The average molecular weight is 307 g/mol. The summed E-state index contributed by atoms with van der Waals surface area (Å²) in [5.74, 6) is 0.443. The van der Waals surface area contributed by atoms with Crippen LogP contribution in [0.15, 0.2) is 24.3 Å². The van der Waals surface area contributed by atoms with Gasteiger partial charge in [-0.25, -0.2) is 0 Å². The maximum absolute atomic E-state index is 12.1. The first-order valence-electron chi connectivity index (χ1n) is 7.21. The maximum atomic E-state index is 12.1. The van der Waals surface area contributed by atoms with E-state index in [1.807, 2.05) is 24.3 Å². The Bertz CT molecular complexity index is 514. The third kappa shape index (κ3) is 4.21. The van der Waals surface area contributed by atoms with Crippen molar-refractivity contribution in [2.24, 2.45) is 0 Å². The van der Waals surface area contributed by atoms with E-state index in [9.17, 15) is 9.59 Å². The minimum Gasteiger partial charge on any atom is -0.497 e. The summed E-state index contributed by atoms with van der Waals surface area (Å²) in [5, 5.41) is 0. The molecule has 1 aliphatic rings. The quantitative estimate of drug-likeness (QED) is 0.743. The zero-order chi connectivity index (χ0) is 15.9. The number of esters is 1. The lowest BCUT2D eigenvalue weighted by atomic mass is 10.1. The number of nitrogens with zero attached hydrogens (tertiary/aromatic N) is 1. The molecule has 0 N–H and O–H groups in total. The Morgan fingerprint density at radius 1 is 1.32 bits per heavy atom. The van der Waals surface area contributed by atoms with Gasteiger partial charge in [0.2, 0.25) is 5.91 Å². The monoisotopic (exact) mass is 307 g/mol. The van der Waals surface area contributed by atoms with Crippen molar-refractivity contribution in [1.29, 1.82) is 0 Å². The molecule has 0 spiro atoms. The fourth-order valence-electron chi connectivity index (χ4n) is 2.43. The Hall–Kier alpha value is -2.08. The number of benzene rings is 1. The van der Waals surface area contributed by atoms with Gasteiger partial charge in [0.1, 0.15) is 12.4 Å². The number of morpholine rings is 1. The normalized spacial score (nSPS) is 18.2. The summed E-state index contributed by atoms with van der Waals surface area (Å²) in [7, 11) is 2.98. The van der Waals surface area contributed by atoms with E-state index in [1.54, 1.807) is 12.0 Å². The lowest BCUT2D eigenvalue weighted by Gasteiger charge is -2.35. The number of hydrogen-bond acceptors (Lipinski definition) is 5. The molecule has 1 unspecified atom stereocenters. The van der Waals surface area contributed by atoms with Gasteiger partial charge in [-0.1, -0.05) is 12.1 Å². The number of carbonyl (C=O) groups excluding carboxylic acids is 2.